The number of carbonyl (C=O) groups is 1. The standard InChI is InChI=1S/C29H32ClN5O3S/c1-3-37-27(36)16-21(25-18-32-29(39-25)20-6-9-22(30)10-7-20)15-24-17-26(35(2)34-24)38-14-12-23-11-8-19-5-4-13-31-28(19)33-23/h6-11,17-18,21H,3-5,12-16H2,1-2H3,(H,31,33)/t21-/m1/s1. The van der Waals surface area contributed by atoms with E-state index in [1.165, 1.54) is 5.56 Å². The van der Waals surface area contributed by atoms with Gasteiger partial charge in [0.15, 0.2) is 0 Å². The van der Waals surface area contributed by atoms with Gasteiger partial charge in [-0.1, -0.05) is 29.8 Å². The zero-order valence-electron chi connectivity index (χ0n) is 22.2. The third-order valence-electron chi connectivity index (χ3n) is 6.64. The molecule has 204 valence electrons. The van der Waals surface area contributed by atoms with E-state index in [1.54, 1.807) is 16.0 Å². The van der Waals surface area contributed by atoms with Gasteiger partial charge in [-0.25, -0.2) is 14.6 Å². The number of anilines is 1. The molecule has 3 aromatic heterocycles. The predicted octanol–water partition coefficient (Wildman–Crippen LogP) is 5.85. The van der Waals surface area contributed by atoms with E-state index in [2.05, 4.69) is 27.5 Å². The van der Waals surface area contributed by atoms with Crippen LogP contribution < -0.4 is 10.1 Å². The molecule has 10 heteroatoms. The van der Waals surface area contributed by atoms with Crippen molar-refractivity contribution in [1.29, 1.82) is 0 Å². The van der Waals surface area contributed by atoms with Crippen LogP contribution in [0.3, 0.4) is 0 Å². The Hall–Kier alpha value is -3.43. The molecule has 0 bridgehead atoms. The van der Waals surface area contributed by atoms with E-state index < -0.39 is 0 Å². The van der Waals surface area contributed by atoms with Gasteiger partial charge in [0.2, 0.25) is 5.88 Å². The molecule has 0 saturated carbocycles. The Balaban J connectivity index is 1.25. The van der Waals surface area contributed by atoms with Gasteiger partial charge in [-0.2, -0.15) is 5.10 Å². The summed E-state index contributed by atoms with van der Waals surface area (Å²) in [4.78, 5) is 22.8. The summed E-state index contributed by atoms with van der Waals surface area (Å²) < 4.78 is 13.1. The summed E-state index contributed by atoms with van der Waals surface area (Å²) in [5, 5.41) is 9.61. The van der Waals surface area contributed by atoms with Crippen molar-refractivity contribution in [2.24, 2.45) is 7.05 Å². The van der Waals surface area contributed by atoms with E-state index in [4.69, 9.17) is 26.1 Å². The maximum Gasteiger partial charge on any atom is 0.306 e. The van der Waals surface area contributed by atoms with Crippen molar-refractivity contribution in [3.8, 4) is 16.5 Å². The molecule has 1 aliphatic rings. The van der Waals surface area contributed by atoms with Crippen molar-refractivity contribution in [3.05, 3.63) is 75.5 Å². The molecule has 0 radical (unpaired) electrons. The monoisotopic (exact) mass is 565 g/mol. The van der Waals surface area contributed by atoms with Crippen LogP contribution in [-0.2, 0) is 35.8 Å². The molecule has 4 aromatic rings. The number of hydrogen-bond acceptors (Lipinski definition) is 8. The highest BCUT2D eigenvalue weighted by molar-refractivity contribution is 7.15. The van der Waals surface area contributed by atoms with E-state index in [0.717, 1.165) is 52.0 Å². The Morgan fingerprint density at radius 1 is 1.21 bits per heavy atom. The number of esters is 1. The van der Waals surface area contributed by atoms with Gasteiger partial charge in [-0.15, -0.1) is 11.3 Å². The zero-order chi connectivity index (χ0) is 27.2. The average molecular weight is 566 g/mol. The Morgan fingerprint density at radius 3 is 2.87 bits per heavy atom. The lowest BCUT2D eigenvalue weighted by molar-refractivity contribution is -0.143. The first kappa shape index (κ1) is 27.1. The number of aromatic nitrogens is 4. The fourth-order valence-electron chi connectivity index (χ4n) is 4.66. The lowest BCUT2D eigenvalue weighted by Crippen LogP contribution is -2.14. The van der Waals surface area contributed by atoms with E-state index in [-0.39, 0.29) is 18.3 Å². The van der Waals surface area contributed by atoms with E-state index >= 15 is 0 Å². The summed E-state index contributed by atoms with van der Waals surface area (Å²) in [6, 6.07) is 13.8. The number of rotatable bonds is 11. The topological polar surface area (TPSA) is 91.2 Å². The highest BCUT2D eigenvalue weighted by Crippen LogP contribution is 2.34. The lowest BCUT2D eigenvalue weighted by Gasteiger charge is -2.17. The fraction of sp³-hybridized carbons (Fsp3) is 0.379. The molecule has 1 aliphatic heterocycles. The van der Waals surface area contributed by atoms with Crippen LogP contribution >= 0.6 is 22.9 Å². The van der Waals surface area contributed by atoms with Gasteiger partial charge >= 0.3 is 5.97 Å². The molecule has 0 aliphatic carbocycles. The molecule has 0 unspecified atom stereocenters. The number of nitrogens with one attached hydrogen (secondary N) is 1. The van der Waals surface area contributed by atoms with Crippen molar-refractivity contribution < 1.29 is 14.3 Å². The van der Waals surface area contributed by atoms with Gasteiger partial charge in [0, 0.05) is 59.4 Å². The van der Waals surface area contributed by atoms with Crippen LogP contribution in [0, 0.1) is 0 Å². The minimum absolute atomic E-state index is 0.113. The van der Waals surface area contributed by atoms with Crippen LogP contribution in [0.2, 0.25) is 5.02 Å². The SMILES string of the molecule is CCOC(=O)C[C@@H](Cc1cc(OCCc2ccc3c(n2)NCCC3)n(C)n1)c1cnc(-c2ccc(Cl)cc2)s1. The van der Waals surface area contributed by atoms with Crippen LogP contribution in [-0.4, -0.2) is 45.5 Å². The minimum Gasteiger partial charge on any atom is -0.477 e. The van der Waals surface area contributed by atoms with Crippen molar-refractivity contribution >= 4 is 34.7 Å². The van der Waals surface area contributed by atoms with Crippen LogP contribution in [0.4, 0.5) is 5.82 Å². The van der Waals surface area contributed by atoms with Crippen molar-refractivity contribution in [2.45, 2.75) is 44.9 Å². The first-order valence-electron chi connectivity index (χ1n) is 13.2. The highest BCUT2D eigenvalue weighted by Gasteiger charge is 2.23. The largest absolute Gasteiger partial charge is 0.477 e. The summed E-state index contributed by atoms with van der Waals surface area (Å²) in [6.07, 6.45) is 5.59. The first-order valence-corrected chi connectivity index (χ1v) is 14.4. The molecule has 1 atom stereocenters. The van der Waals surface area contributed by atoms with Gasteiger partial charge in [0.1, 0.15) is 10.8 Å². The van der Waals surface area contributed by atoms with Gasteiger partial charge in [-0.3, -0.25) is 4.79 Å². The van der Waals surface area contributed by atoms with Crippen molar-refractivity contribution in [3.63, 3.8) is 0 Å². The van der Waals surface area contributed by atoms with E-state index in [0.29, 0.717) is 37.0 Å². The molecule has 8 nitrogen and oxygen atoms in total. The van der Waals surface area contributed by atoms with Gasteiger partial charge < -0.3 is 14.8 Å². The number of carbonyl (C=O) groups excluding carboxylic acids is 1. The molecule has 0 fully saturated rings. The number of thiazole rings is 1. The van der Waals surface area contributed by atoms with Crippen LogP contribution in [0.15, 0.2) is 48.7 Å². The summed E-state index contributed by atoms with van der Waals surface area (Å²) in [5.41, 5.74) is 4.12. The number of nitrogens with zero attached hydrogens (tertiary/aromatic N) is 4. The molecule has 39 heavy (non-hydrogen) atoms. The quantitative estimate of drug-likeness (QED) is 0.228. The number of benzene rings is 1. The number of ether oxygens (including phenoxy) is 2. The second-order valence-electron chi connectivity index (χ2n) is 9.52. The molecule has 0 saturated heterocycles. The number of fused-ring (bicyclic) bond motifs is 1. The Kier molecular flexibility index (Phi) is 8.78. The molecule has 1 aromatic carbocycles. The smallest absolute Gasteiger partial charge is 0.306 e. The van der Waals surface area contributed by atoms with E-state index in [1.807, 2.05) is 50.5 Å². The molecule has 5 rings (SSSR count). The first-order chi connectivity index (χ1) is 19.0. The number of aryl methyl sites for hydroxylation is 2. The number of pyridine rings is 1. The Morgan fingerprint density at radius 2 is 2.05 bits per heavy atom. The fourth-order valence-corrected chi connectivity index (χ4v) is 5.81. The summed E-state index contributed by atoms with van der Waals surface area (Å²) in [5.74, 6) is 1.33. The number of hydrogen-bond donors (Lipinski definition) is 1. The third kappa shape index (κ3) is 6.96. The maximum absolute atomic E-state index is 12.5. The molecule has 0 amide bonds. The summed E-state index contributed by atoms with van der Waals surface area (Å²) in [7, 11) is 1.87. The highest BCUT2D eigenvalue weighted by atomic mass is 35.5. The van der Waals surface area contributed by atoms with Gasteiger partial charge in [0.05, 0.1) is 25.3 Å². The lowest BCUT2D eigenvalue weighted by atomic mass is 9.98. The molecular weight excluding hydrogens is 534 g/mol. The minimum atomic E-state index is -0.233. The van der Waals surface area contributed by atoms with Gasteiger partial charge in [-0.05, 0) is 49.9 Å². The Labute approximate surface area is 237 Å². The Bertz CT molecular complexity index is 1420. The van der Waals surface area contributed by atoms with Crippen LogP contribution in [0.5, 0.6) is 5.88 Å². The normalized spacial score (nSPS) is 13.4. The molecule has 1 N–H and O–H groups in total. The molecule has 0 spiro atoms. The third-order valence-corrected chi connectivity index (χ3v) is 8.10. The molecule has 4 heterocycles. The van der Waals surface area contributed by atoms with Crippen molar-refractivity contribution in [1.82, 2.24) is 19.7 Å². The van der Waals surface area contributed by atoms with Crippen LogP contribution in [0.1, 0.15) is 47.5 Å². The van der Waals surface area contributed by atoms with E-state index in [9.17, 15) is 4.79 Å². The predicted molar refractivity (Wildman–Crippen MR) is 154 cm³/mol. The summed E-state index contributed by atoms with van der Waals surface area (Å²) >= 11 is 7.61. The second-order valence-corrected chi connectivity index (χ2v) is 11.0. The summed E-state index contributed by atoms with van der Waals surface area (Å²) in [6.45, 7) is 3.63. The van der Waals surface area contributed by atoms with Gasteiger partial charge in [0.25, 0.3) is 0 Å². The second kappa shape index (κ2) is 12.6. The van der Waals surface area contributed by atoms with Crippen LogP contribution in [0.25, 0.3) is 10.6 Å². The van der Waals surface area contributed by atoms with Crippen molar-refractivity contribution in [2.75, 3.05) is 25.1 Å². The number of halogens is 1. The average Bonchev–Trinajstić information content (AvgIpc) is 3.56. The zero-order valence-corrected chi connectivity index (χ0v) is 23.7. The molecular formula is C29H32ClN5O3S. The maximum atomic E-state index is 12.5.